The number of morpholine rings is 1. The van der Waals surface area contributed by atoms with Gasteiger partial charge in [-0.1, -0.05) is 0 Å². The fourth-order valence-corrected chi connectivity index (χ4v) is 2.46. The Balaban J connectivity index is 1.97. The highest BCUT2D eigenvalue weighted by atomic mass is 16.5. The molecule has 0 saturated carbocycles. The quantitative estimate of drug-likeness (QED) is 0.743. The Morgan fingerprint density at radius 2 is 2.12 bits per heavy atom. The number of ether oxygens (including phenoxy) is 2. The minimum absolute atomic E-state index is 0.0232. The number of carbonyl (C=O) groups is 1. The van der Waals surface area contributed by atoms with E-state index in [2.05, 4.69) is 0 Å². The molecule has 4 atom stereocenters. The van der Waals surface area contributed by atoms with Gasteiger partial charge in [-0.3, -0.25) is 4.79 Å². The highest BCUT2D eigenvalue weighted by Crippen LogP contribution is 2.23. The third kappa shape index (κ3) is 2.78. The number of nitrogens with zero attached hydrogens (tertiary/aromatic N) is 1. The van der Waals surface area contributed by atoms with E-state index < -0.39 is 0 Å². The summed E-state index contributed by atoms with van der Waals surface area (Å²) in [6.45, 7) is 5.45. The van der Waals surface area contributed by atoms with Crippen molar-refractivity contribution in [2.45, 2.75) is 38.5 Å². The molecule has 0 aliphatic carbocycles. The Morgan fingerprint density at radius 1 is 1.35 bits per heavy atom. The lowest BCUT2D eigenvalue weighted by Gasteiger charge is -2.38. The van der Waals surface area contributed by atoms with Crippen LogP contribution in [-0.2, 0) is 14.3 Å². The van der Waals surface area contributed by atoms with Crippen LogP contribution in [0.5, 0.6) is 0 Å². The van der Waals surface area contributed by atoms with Crippen molar-refractivity contribution < 1.29 is 19.4 Å². The predicted octanol–water partition coefficient (Wildman–Crippen LogP) is 0.0196. The van der Waals surface area contributed by atoms with Gasteiger partial charge in [0.05, 0.1) is 44.0 Å². The molecule has 1 N–H and O–H groups in total. The first-order chi connectivity index (χ1) is 8.11. The average molecular weight is 243 g/mol. The molecule has 0 aromatic carbocycles. The van der Waals surface area contributed by atoms with Gasteiger partial charge in [0.25, 0.3) is 0 Å². The van der Waals surface area contributed by atoms with Gasteiger partial charge in [-0.05, 0) is 20.3 Å². The first-order valence-electron chi connectivity index (χ1n) is 6.26. The summed E-state index contributed by atoms with van der Waals surface area (Å²) in [6.07, 6.45) is 0.732. The molecule has 2 rings (SSSR count). The minimum atomic E-state index is -0.241. The number of rotatable bonds is 2. The molecule has 0 aromatic rings. The van der Waals surface area contributed by atoms with Crippen LogP contribution in [0.4, 0.5) is 0 Å². The van der Waals surface area contributed by atoms with E-state index in [4.69, 9.17) is 14.6 Å². The van der Waals surface area contributed by atoms with Gasteiger partial charge in [0.2, 0.25) is 5.91 Å². The molecule has 0 aromatic heterocycles. The molecule has 5 nitrogen and oxygen atoms in total. The van der Waals surface area contributed by atoms with E-state index in [9.17, 15) is 4.79 Å². The van der Waals surface area contributed by atoms with Gasteiger partial charge >= 0.3 is 0 Å². The Labute approximate surface area is 102 Å². The molecule has 4 unspecified atom stereocenters. The second kappa shape index (κ2) is 5.33. The van der Waals surface area contributed by atoms with Gasteiger partial charge in [-0.15, -0.1) is 0 Å². The minimum Gasteiger partial charge on any atom is -0.394 e. The molecule has 0 spiro atoms. The largest absolute Gasteiger partial charge is 0.394 e. The summed E-state index contributed by atoms with van der Waals surface area (Å²) < 4.78 is 10.9. The molecule has 98 valence electrons. The number of hydrogen-bond acceptors (Lipinski definition) is 4. The summed E-state index contributed by atoms with van der Waals surface area (Å²) in [5.74, 6) is 0.119. The second-order valence-electron chi connectivity index (χ2n) is 5.05. The molecule has 2 saturated heterocycles. The molecule has 1 amide bonds. The number of aliphatic hydroxyl groups is 1. The van der Waals surface area contributed by atoms with Crippen molar-refractivity contribution in [3.63, 3.8) is 0 Å². The van der Waals surface area contributed by atoms with E-state index in [1.165, 1.54) is 0 Å². The van der Waals surface area contributed by atoms with E-state index in [0.29, 0.717) is 19.8 Å². The highest BCUT2D eigenvalue weighted by molar-refractivity contribution is 5.79. The van der Waals surface area contributed by atoms with Crippen LogP contribution >= 0.6 is 0 Å². The first-order valence-corrected chi connectivity index (χ1v) is 6.26. The first kappa shape index (κ1) is 12.8. The SMILES string of the molecule is CC1CC(C(=O)N2CC(CO)OCC2C)CO1. The molecule has 0 radical (unpaired) electrons. The summed E-state index contributed by atoms with van der Waals surface area (Å²) in [5.41, 5.74) is 0. The number of amides is 1. The summed E-state index contributed by atoms with van der Waals surface area (Å²) in [7, 11) is 0. The normalized spacial score (nSPS) is 38.4. The van der Waals surface area contributed by atoms with E-state index in [1.807, 2.05) is 18.7 Å². The van der Waals surface area contributed by atoms with Crippen LogP contribution in [0.25, 0.3) is 0 Å². The standard InChI is InChI=1S/C12H21NO4/c1-8-6-17-11(5-14)4-13(8)12(15)10-3-9(2)16-7-10/h8-11,14H,3-7H2,1-2H3. The van der Waals surface area contributed by atoms with Crippen molar-refractivity contribution >= 4 is 5.91 Å². The van der Waals surface area contributed by atoms with Gasteiger partial charge in [-0.2, -0.15) is 0 Å². The van der Waals surface area contributed by atoms with Crippen molar-refractivity contribution in [2.24, 2.45) is 5.92 Å². The van der Waals surface area contributed by atoms with Crippen LogP contribution in [0.15, 0.2) is 0 Å². The van der Waals surface area contributed by atoms with E-state index in [0.717, 1.165) is 6.42 Å². The van der Waals surface area contributed by atoms with Crippen molar-refractivity contribution in [1.29, 1.82) is 0 Å². The molecular weight excluding hydrogens is 222 g/mol. The van der Waals surface area contributed by atoms with Crippen molar-refractivity contribution in [2.75, 3.05) is 26.4 Å². The zero-order valence-electron chi connectivity index (χ0n) is 10.5. The van der Waals surface area contributed by atoms with Gasteiger partial charge in [0.1, 0.15) is 0 Å². The second-order valence-corrected chi connectivity index (χ2v) is 5.05. The molecule has 2 aliphatic rings. The summed E-state index contributed by atoms with van der Waals surface area (Å²) in [4.78, 5) is 14.2. The smallest absolute Gasteiger partial charge is 0.228 e. The average Bonchev–Trinajstić information content (AvgIpc) is 2.76. The fourth-order valence-electron chi connectivity index (χ4n) is 2.46. The van der Waals surface area contributed by atoms with Crippen LogP contribution < -0.4 is 0 Å². The zero-order valence-corrected chi connectivity index (χ0v) is 10.5. The monoisotopic (exact) mass is 243 g/mol. The lowest BCUT2D eigenvalue weighted by molar-refractivity contribution is -0.150. The summed E-state index contributed by atoms with van der Waals surface area (Å²) in [6, 6.07) is 0.0845. The van der Waals surface area contributed by atoms with E-state index in [-0.39, 0.29) is 36.7 Å². The fraction of sp³-hybridized carbons (Fsp3) is 0.917. The Morgan fingerprint density at radius 3 is 2.71 bits per heavy atom. The lowest BCUT2D eigenvalue weighted by atomic mass is 10.0. The van der Waals surface area contributed by atoms with Gasteiger partial charge < -0.3 is 19.5 Å². The Kier molecular flexibility index (Phi) is 4.01. The van der Waals surface area contributed by atoms with E-state index in [1.54, 1.807) is 0 Å². The van der Waals surface area contributed by atoms with Crippen molar-refractivity contribution in [3.8, 4) is 0 Å². The Hall–Kier alpha value is -0.650. The predicted molar refractivity (Wildman–Crippen MR) is 61.5 cm³/mol. The lowest BCUT2D eigenvalue weighted by Crippen LogP contribution is -2.53. The van der Waals surface area contributed by atoms with Crippen LogP contribution in [0.1, 0.15) is 20.3 Å². The summed E-state index contributed by atoms with van der Waals surface area (Å²) in [5, 5.41) is 9.10. The summed E-state index contributed by atoms with van der Waals surface area (Å²) >= 11 is 0. The molecule has 5 heteroatoms. The Bertz CT molecular complexity index is 284. The van der Waals surface area contributed by atoms with Gasteiger partial charge in [0, 0.05) is 6.54 Å². The van der Waals surface area contributed by atoms with Crippen molar-refractivity contribution in [3.05, 3.63) is 0 Å². The van der Waals surface area contributed by atoms with Gasteiger partial charge in [-0.25, -0.2) is 0 Å². The van der Waals surface area contributed by atoms with Crippen molar-refractivity contribution in [1.82, 2.24) is 4.90 Å². The van der Waals surface area contributed by atoms with Crippen LogP contribution in [0, 0.1) is 5.92 Å². The molecule has 2 fully saturated rings. The van der Waals surface area contributed by atoms with Gasteiger partial charge in [0.15, 0.2) is 0 Å². The highest BCUT2D eigenvalue weighted by Gasteiger charge is 2.36. The molecular formula is C12H21NO4. The van der Waals surface area contributed by atoms with Crippen LogP contribution in [0.3, 0.4) is 0 Å². The molecule has 17 heavy (non-hydrogen) atoms. The number of aliphatic hydroxyl groups excluding tert-OH is 1. The topological polar surface area (TPSA) is 59.0 Å². The number of hydrogen-bond donors (Lipinski definition) is 1. The maximum Gasteiger partial charge on any atom is 0.228 e. The zero-order chi connectivity index (χ0) is 12.4. The van der Waals surface area contributed by atoms with E-state index >= 15 is 0 Å². The third-order valence-electron chi connectivity index (χ3n) is 3.54. The third-order valence-corrected chi connectivity index (χ3v) is 3.54. The molecule has 2 heterocycles. The van der Waals surface area contributed by atoms with Crippen LogP contribution in [0.2, 0.25) is 0 Å². The maximum atomic E-state index is 12.3. The van der Waals surface area contributed by atoms with Crippen LogP contribution in [-0.4, -0.2) is 60.5 Å². The maximum absolute atomic E-state index is 12.3. The molecule has 0 bridgehead atoms. The molecule has 2 aliphatic heterocycles. The number of carbonyl (C=O) groups excluding carboxylic acids is 1.